The van der Waals surface area contributed by atoms with Gasteiger partial charge in [-0.1, -0.05) is 96.7 Å². The van der Waals surface area contributed by atoms with Crippen LogP contribution in [0.5, 0.6) is 0 Å². The van der Waals surface area contributed by atoms with E-state index < -0.39 is 34.3 Å². The van der Waals surface area contributed by atoms with E-state index in [0.29, 0.717) is 39.2 Å². The summed E-state index contributed by atoms with van der Waals surface area (Å²) < 4.78 is 123. The van der Waals surface area contributed by atoms with Crippen molar-refractivity contribution in [3.8, 4) is 44.8 Å². The Hall–Kier alpha value is -5.15. The molecule has 8 aromatic rings. The second kappa shape index (κ2) is 14.5. The van der Waals surface area contributed by atoms with E-state index in [1.165, 1.54) is 42.7 Å². The molecule has 0 unspecified atom stereocenters. The van der Waals surface area contributed by atoms with E-state index in [2.05, 4.69) is 22.1 Å². The van der Waals surface area contributed by atoms with Crippen LogP contribution in [-0.4, -0.2) is 9.97 Å². The number of furan rings is 1. The van der Waals surface area contributed by atoms with Gasteiger partial charge in [0.05, 0.1) is 5.58 Å². The number of aryl methyl sites for hydroxylation is 5. The summed E-state index contributed by atoms with van der Waals surface area (Å²) in [6.45, 7) is -12.1. The minimum Gasteiger partial charge on any atom is -0.501 e. The van der Waals surface area contributed by atoms with Crippen molar-refractivity contribution in [2.24, 2.45) is 0 Å². The fraction of sp³-hybridized carbons (Fsp3) is 0.111. The van der Waals surface area contributed by atoms with Crippen LogP contribution in [0, 0.1) is 46.4 Å². The largest absolute Gasteiger partial charge is 0.501 e. The van der Waals surface area contributed by atoms with Gasteiger partial charge in [-0.3, -0.25) is 0 Å². The smallest absolute Gasteiger partial charge is 0.120 e. The van der Waals surface area contributed by atoms with Crippen molar-refractivity contribution in [1.82, 2.24) is 9.97 Å². The zero-order valence-electron chi connectivity index (χ0n) is 40.8. The van der Waals surface area contributed by atoms with Crippen LogP contribution in [0.15, 0.2) is 132 Å². The van der Waals surface area contributed by atoms with E-state index in [-0.39, 0.29) is 59.0 Å². The normalized spacial score (nSPS) is 16.6. The van der Waals surface area contributed by atoms with Gasteiger partial charge in [0.25, 0.3) is 0 Å². The number of benzene rings is 5. The SMILES string of the molecule is [2H]C([2H])([2H])c1c[c-]c(-c2cc(-c3ccccc3C([2H])([2H])[2H])c(C([2H])([2H])[2H])cn2)cc1.[2H]C([2H])([2H])c1ccccc1-c1cc(-c2[c-]ccc3c2oc2ccccc23)ncc1C([2H])([2H])[2H].[Ir]. The molecule has 0 aliphatic carbocycles. The molecule has 5 aromatic carbocycles. The Balaban J connectivity index is 0.000000210. The maximum absolute atomic E-state index is 8.00. The van der Waals surface area contributed by atoms with Crippen molar-refractivity contribution in [1.29, 1.82) is 0 Å². The van der Waals surface area contributed by atoms with Gasteiger partial charge in [0.1, 0.15) is 5.58 Å². The summed E-state index contributed by atoms with van der Waals surface area (Å²) in [5.74, 6) is 0. The molecule has 3 nitrogen and oxygen atoms in total. The van der Waals surface area contributed by atoms with E-state index in [9.17, 15) is 0 Å². The van der Waals surface area contributed by atoms with Gasteiger partial charge < -0.3 is 14.4 Å². The molecule has 1 radical (unpaired) electrons. The summed E-state index contributed by atoms with van der Waals surface area (Å²) in [5, 5.41) is 1.85. The van der Waals surface area contributed by atoms with Gasteiger partial charge in [-0.2, -0.15) is 0 Å². The predicted octanol–water partition coefficient (Wildman–Crippen LogP) is 11.9. The van der Waals surface area contributed by atoms with Crippen LogP contribution in [0.2, 0.25) is 0 Å². The molecule has 4 heteroatoms. The van der Waals surface area contributed by atoms with E-state index in [0.717, 1.165) is 16.4 Å². The third-order valence-electron chi connectivity index (χ3n) is 7.93. The summed E-state index contributed by atoms with van der Waals surface area (Å²) in [6, 6.07) is 37.5. The van der Waals surface area contributed by atoms with Crippen LogP contribution in [0.1, 0.15) is 48.4 Å². The maximum Gasteiger partial charge on any atom is 0.120 e. The number of nitrogens with zero attached hydrogens (tertiary/aromatic N) is 2. The molecule has 0 amide bonds. The van der Waals surface area contributed by atoms with Crippen molar-refractivity contribution in [2.75, 3.05) is 0 Å². The third kappa shape index (κ3) is 6.89. The Morgan fingerprint density at radius 1 is 0.571 bits per heavy atom. The van der Waals surface area contributed by atoms with Gasteiger partial charge in [-0.15, -0.1) is 53.6 Å². The predicted molar refractivity (Wildman–Crippen MR) is 199 cm³/mol. The quantitative estimate of drug-likeness (QED) is 0.166. The van der Waals surface area contributed by atoms with Gasteiger partial charge in [-0.25, -0.2) is 0 Å². The Kier molecular flexibility index (Phi) is 5.86. The Labute approximate surface area is 323 Å². The average molecular weight is 828 g/mol. The van der Waals surface area contributed by atoms with E-state index in [1.807, 2.05) is 30.3 Å². The molecule has 243 valence electrons. The molecule has 3 aromatic heterocycles. The number of aromatic nitrogens is 2. The average Bonchev–Trinajstić information content (AvgIpc) is 3.61. The number of rotatable bonds is 4. The zero-order chi connectivity index (χ0) is 45.7. The topological polar surface area (TPSA) is 38.9 Å². The molecule has 0 spiro atoms. The molecule has 0 atom stereocenters. The number of fused-ring (bicyclic) bond motifs is 3. The van der Waals surface area contributed by atoms with Gasteiger partial charge in [0.2, 0.25) is 0 Å². The van der Waals surface area contributed by atoms with Gasteiger partial charge in [-0.05, 0) is 89.4 Å². The van der Waals surface area contributed by atoms with Crippen LogP contribution in [0.3, 0.4) is 0 Å². The van der Waals surface area contributed by atoms with Gasteiger partial charge in [0.15, 0.2) is 0 Å². The van der Waals surface area contributed by atoms with Crippen molar-refractivity contribution in [2.45, 2.75) is 34.3 Å². The van der Waals surface area contributed by atoms with Crippen LogP contribution in [-0.2, 0) is 20.1 Å². The molecule has 8 rings (SSSR count). The first-order valence-electron chi connectivity index (χ1n) is 22.5. The second-order valence-electron chi connectivity index (χ2n) is 11.0. The van der Waals surface area contributed by atoms with E-state index in [4.69, 9.17) is 25.0 Å². The Bertz CT molecular complexity index is 2950. The summed E-state index contributed by atoms with van der Waals surface area (Å²) in [5.41, 5.74) is 4.47. The van der Waals surface area contributed by atoms with Crippen molar-refractivity contribution in [3.05, 3.63) is 168 Å². The molecule has 3 heterocycles. The standard InChI is InChI=1S/C25H18NO.C20H18N.Ir/c1-16-8-3-4-9-18(16)22-14-23(26-15-17(22)2)21-12-7-11-20-19-10-5-6-13-24(19)27-25(20)21;1-14-8-10-17(11-9-14)20-12-19(16(3)13-21-20)18-7-5-4-6-15(18)2;/h3-11,13-15H,1-2H3;4-10,12-13H,1-3H3;/q2*-1;/i1D3,2D3;1D3,2D3,3D3;. The number of para-hydroxylation sites is 1. The van der Waals surface area contributed by atoms with Crippen molar-refractivity contribution in [3.63, 3.8) is 0 Å². The van der Waals surface area contributed by atoms with Crippen LogP contribution < -0.4 is 0 Å². The molecular formula is C45H36IrN2O-2. The number of hydrogen-bond acceptors (Lipinski definition) is 3. The monoisotopic (exact) mass is 828 g/mol. The first-order chi connectivity index (χ1) is 29.4. The summed E-state index contributed by atoms with van der Waals surface area (Å²) in [7, 11) is 0. The van der Waals surface area contributed by atoms with Gasteiger partial charge in [0, 0.05) is 58.4 Å². The van der Waals surface area contributed by atoms with Crippen LogP contribution in [0.25, 0.3) is 66.7 Å². The van der Waals surface area contributed by atoms with Crippen LogP contribution >= 0.6 is 0 Å². The zero-order valence-corrected chi connectivity index (χ0v) is 28.2. The fourth-order valence-electron chi connectivity index (χ4n) is 5.54. The Morgan fingerprint density at radius 3 is 1.86 bits per heavy atom. The molecule has 0 saturated carbocycles. The number of hydrogen-bond donors (Lipinski definition) is 0. The Morgan fingerprint density at radius 2 is 1.20 bits per heavy atom. The number of pyridine rings is 2. The molecule has 0 aliphatic rings. The summed E-state index contributed by atoms with van der Waals surface area (Å²) in [4.78, 5) is 8.63. The fourth-order valence-corrected chi connectivity index (χ4v) is 5.54. The molecule has 49 heavy (non-hydrogen) atoms. The minimum atomic E-state index is -2.50. The molecule has 0 bridgehead atoms. The molecule has 0 saturated heterocycles. The molecule has 0 aliphatic heterocycles. The van der Waals surface area contributed by atoms with Crippen molar-refractivity contribution < 1.29 is 45.1 Å². The second-order valence-corrected chi connectivity index (χ2v) is 11.0. The maximum atomic E-state index is 8.00. The molecule has 0 N–H and O–H groups in total. The van der Waals surface area contributed by atoms with E-state index >= 15 is 0 Å². The first-order valence-corrected chi connectivity index (χ1v) is 15.0. The van der Waals surface area contributed by atoms with Crippen molar-refractivity contribution >= 4 is 21.9 Å². The van der Waals surface area contributed by atoms with E-state index in [1.54, 1.807) is 54.6 Å². The van der Waals surface area contributed by atoms with Gasteiger partial charge >= 0.3 is 0 Å². The summed E-state index contributed by atoms with van der Waals surface area (Å²) in [6.07, 6.45) is 2.50. The summed E-state index contributed by atoms with van der Waals surface area (Å²) >= 11 is 0. The minimum absolute atomic E-state index is 0. The molecular weight excluding hydrogens is 777 g/mol. The molecule has 0 fully saturated rings. The third-order valence-corrected chi connectivity index (χ3v) is 7.93. The van der Waals surface area contributed by atoms with Crippen LogP contribution in [0.4, 0.5) is 0 Å². The first kappa shape index (κ1) is 19.7.